The van der Waals surface area contributed by atoms with Crippen molar-refractivity contribution in [2.45, 2.75) is 70.1 Å². The third-order valence-electron chi connectivity index (χ3n) is 5.90. The fourth-order valence-corrected chi connectivity index (χ4v) is 4.10. The van der Waals surface area contributed by atoms with Gasteiger partial charge in [-0.2, -0.15) is 0 Å². The molecule has 1 saturated carbocycles. The van der Waals surface area contributed by atoms with Crippen LogP contribution in [0.25, 0.3) is 0 Å². The first-order valence-electron chi connectivity index (χ1n) is 10.7. The maximum Gasteiger partial charge on any atom is 0.193 e. The number of nitrogens with one attached hydrogen (secondary N) is 1. The van der Waals surface area contributed by atoms with Gasteiger partial charge in [-0.25, -0.2) is 0 Å². The lowest BCUT2D eigenvalue weighted by atomic mass is 10.1. The van der Waals surface area contributed by atoms with Gasteiger partial charge >= 0.3 is 0 Å². The molecule has 3 aliphatic rings. The molecule has 1 N–H and O–H groups in total. The topological polar surface area (TPSA) is 49.3 Å². The van der Waals surface area contributed by atoms with Crippen molar-refractivity contribution >= 4 is 29.9 Å². The van der Waals surface area contributed by atoms with Crippen LogP contribution in [0.4, 0.5) is 0 Å². The number of hydrogen-bond acceptors (Lipinski definition) is 4. The van der Waals surface area contributed by atoms with Crippen LogP contribution in [-0.4, -0.2) is 87.0 Å². The Balaban J connectivity index is 0.00000261. The minimum Gasteiger partial charge on any atom is -0.376 e. The molecule has 0 aromatic carbocycles. The Morgan fingerprint density at radius 1 is 1.19 bits per heavy atom. The van der Waals surface area contributed by atoms with E-state index in [0.29, 0.717) is 12.2 Å². The monoisotopic (exact) mass is 494 g/mol. The number of guanidine groups is 1. The summed E-state index contributed by atoms with van der Waals surface area (Å²) >= 11 is 0. The Hall–Kier alpha value is -0.120. The largest absolute Gasteiger partial charge is 0.376 e. The zero-order valence-electron chi connectivity index (χ0n) is 17.2. The summed E-state index contributed by atoms with van der Waals surface area (Å²) in [6.07, 6.45) is 9.26. The maximum atomic E-state index is 6.13. The molecule has 1 aliphatic carbocycles. The van der Waals surface area contributed by atoms with Crippen LogP contribution in [0.3, 0.4) is 0 Å². The predicted molar refractivity (Wildman–Crippen MR) is 121 cm³/mol. The Labute approximate surface area is 182 Å². The van der Waals surface area contributed by atoms with Gasteiger partial charge < -0.3 is 19.7 Å². The van der Waals surface area contributed by atoms with E-state index in [1.165, 1.54) is 25.7 Å². The van der Waals surface area contributed by atoms with Crippen LogP contribution < -0.4 is 5.32 Å². The maximum absolute atomic E-state index is 6.13. The molecule has 2 saturated heterocycles. The lowest BCUT2D eigenvalue weighted by Crippen LogP contribution is -2.48. The van der Waals surface area contributed by atoms with Crippen molar-refractivity contribution in [2.75, 3.05) is 53.0 Å². The zero-order valence-corrected chi connectivity index (χ0v) is 19.5. The van der Waals surface area contributed by atoms with E-state index in [2.05, 4.69) is 27.0 Å². The van der Waals surface area contributed by atoms with Crippen LogP contribution in [0.1, 0.15) is 51.9 Å². The van der Waals surface area contributed by atoms with Crippen molar-refractivity contribution < 1.29 is 9.47 Å². The van der Waals surface area contributed by atoms with Gasteiger partial charge in [0.25, 0.3) is 0 Å². The smallest absolute Gasteiger partial charge is 0.193 e. The van der Waals surface area contributed by atoms with Gasteiger partial charge in [-0.15, -0.1) is 24.0 Å². The van der Waals surface area contributed by atoms with Crippen LogP contribution in [0.15, 0.2) is 4.99 Å². The number of rotatable bonds is 8. The average Bonchev–Trinajstić information content (AvgIpc) is 3.53. The Morgan fingerprint density at radius 2 is 1.96 bits per heavy atom. The van der Waals surface area contributed by atoms with Crippen molar-refractivity contribution in [3.63, 3.8) is 0 Å². The Bertz CT molecular complexity index is 434. The molecule has 0 amide bonds. The summed E-state index contributed by atoms with van der Waals surface area (Å²) in [5.74, 6) is 1.05. The average molecular weight is 494 g/mol. The molecule has 7 heteroatoms. The van der Waals surface area contributed by atoms with Gasteiger partial charge in [0, 0.05) is 45.9 Å². The summed E-state index contributed by atoms with van der Waals surface area (Å²) in [7, 11) is 1.89. The van der Waals surface area contributed by atoms with Crippen molar-refractivity contribution in [3.05, 3.63) is 0 Å². The number of likely N-dealkylation sites (tertiary alicyclic amines) is 1. The van der Waals surface area contributed by atoms with Crippen molar-refractivity contribution in [2.24, 2.45) is 4.99 Å². The van der Waals surface area contributed by atoms with Crippen LogP contribution in [0, 0.1) is 0 Å². The van der Waals surface area contributed by atoms with E-state index in [-0.39, 0.29) is 24.0 Å². The molecule has 2 heterocycles. The van der Waals surface area contributed by atoms with E-state index in [0.717, 1.165) is 77.2 Å². The van der Waals surface area contributed by atoms with Gasteiger partial charge in [0.05, 0.1) is 18.8 Å². The number of ether oxygens (including phenoxy) is 2. The van der Waals surface area contributed by atoms with E-state index in [9.17, 15) is 0 Å². The zero-order chi connectivity index (χ0) is 18.2. The summed E-state index contributed by atoms with van der Waals surface area (Å²) < 4.78 is 11.9. The lowest BCUT2D eigenvalue weighted by molar-refractivity contribution is -0.0721. The Morgan fingerprint density at radius 3 is 2.56 bits per heavy atom. The second-order valence-electron chi connectivity index (χ2n) is 7.84. The van der Waals surface area contributed by atoms with Crippen LogP contribution in [-0.2, 0) is 9.47 Å². The van der Waals surface area contributed by atoms with Crippen molar-refractivity contribution in [1.29, 1.82) is 0 Å². The molecule has 0 spiro atoms. The molecule has 3 fully saturated rings. The van der Waals surface area contributed by atoms with E-state index in [1.54, 1.807) is 0 Å². The van der Waals surface area contributed by atoms with E-state index in [1.807, 2.05) is 7.05 Å². The normalized spacial score (nSPS) is 24.8. The first-order chi connectivity index (χ1) is 12.8. The summed E-state index contributed by atoms with van der Waals surface area (Å²) in [4.78, 5) is 9.45. The first-order valence-corrected chi connectivity index (χ1v) is 10.7. The van der Waals surface area contributed by atoms with E-state index >= 15 is 0 Å². The molecular weight excluding hydrogens is 455 g/mol. The van der Waals surface area contributed by atoms with Gasteiger partial charge in [0.1, 0.15) is 0 Å². The standard InChI is InChI=1S/C20H38N4O2.HI/c1-3-23(17-7-8-17)14-11-22-20(21-2)24-12-9-18(10-13-24)26-16-19-6-4-5-15-25-19;/h17-19H,3-16H2,1-2H3,(H,21,22);1H. The molecular formula is C20H39IN4O2. The van der Waals surface area contributed by atoms with Crippen LogP contribution in [0.5, 0.6) is 0 Å². The molecule has 2 aliphatic heterocycles. The van der Waals surface area contributed by atoms with Gasteiger partial charge in [-0.1, -0.05) is 6.92 Å². The molecule has 0 aromatic heterocycles. The summed E-state index contributed by atoms with van der Waals surface area (Å²) in [6, 6.07) is 0.838. The lowest BCUT2D eigenvalue weighted by Gasteiger charge is -2.35. The van der Waals surface area contributed by atoms with Crippen LogP contribution >= 0.6 is 24.0 Å². The third kappa shape index (κ3) is 7.66. The predicted octanol–water partition coefficient (Wildman–Crippen LogP) is 2.71. The molecule has 27 heavy (non-hydrogen) atoms. The second kappa shape index (κ2) is 12.4. The fraction of sp³-hybridized carbons (Fsp3) is 0.950. The quantitative estimate of drug-likeness (QED) is 0.320. The molecule has 0 radical (unpaired) electrons. The van der Waals surface area contributed by atoms with Crippen molar-refractivity contribution in [3.8, 4) is 0 Å². The third-order valence-corrected chi connectivity index (χ3v) is 5.90. The molecule has 158 valence electrons. The number of aliphatic imine (C=N–C) groups is 1. The van der Waals surface area contributed by atoms with E-state index < -0.39 is 0 Å². The fourth-order valence-electron chi connectivity index (χ4n) is 4.10. The minimum absolute atomic E-state index is 0. The summed E-state index contributed by atoms with van der Waals surface area (Å²) in [6.45, 7) is 9.23. The van der Waals surface area contributed by atoms with Gasteiger partial charge in [0.15, 0.2) is 5.96 Å². The first kappa shape index (κ1) is 23.2. The highest BCUT2D eigenvalue weighted by Gasteiger charge is 2.27. The van der Waals surface area contributed by atoms with Crippen molar-refractivity contribution in [1.82, 2.24) is 15.1 Å². The Kier molecular flexibility index (Phi) is 10.7. The molecule has 1 unspecified atom stereocenters. The van der Waals surface area contributed by atoms with Gasteiger partial charge in [0.2, 0.25) is 0 Å². The highest BCUT2D eigenvalue weighted by atomic mass is 127. The molecule has 1 atom stereocenters. The summed E-state index contributed by atoms with van der Waals surface area (Å²) in [5, 5.41) is 3.56. The number of hydrogen-bond donors (Lipinski definition) is 1. The molecule has 0 aromatic rings. The number of piperidine rings is 1. The molecule has 3 rings (SSSR count). The van der Waals surface area contributed by atoms with Gasteiger partial charge in [-0.05, 0) is 51.5 Å². The molecule has 6 nitrogen and oxygen atoms in total. The highest BCUT2D eigenvalue weighted by Crippen LogP contribution is 2.25. The SMILES string of the molecule is CCN(CCNC(=NC)N1CCC(OCC2CCCCO2)CC1)C1CC1.I. The highest BCUT2D eigenvalue weighted by molar-refractivity contribution is 14.0. The number of halogens is 1. The molecule has 0 bridgehead atoms. The minimum atomic E-state index is 0. The number of nitrogens with zero attached hydrogens (tertiary/aromatic N) is 3. The van der Waals surface area contributed by atoms with Crippen LogP contribution in [0.2, 0.25) is 0 Å². The number of likely N-dealkylation sites (N-methyl/N-ethyl adjacent to an activating group) is 1. The van der Waals surface area contributed by atoms with E-state index in [4.69, 9.17) is 9.47 Å². The van der Waals surface area contributed by atoms with Gasteiger partial charge in [-0.3, -0.25) is 9.89 Å². The summed E-state index contributed by atoms with van der Waals surface area (Å²) in [5.41, 5.74) is 0. The second-order valence-corrected chi connectivity index (χ2v) is 7.84.